The lowest BCUT2D eigenvalue weighted by atomic mass is 9.86. The molecule has 0 aromatic heterocycles. The third-order valence-corrected chi connectivity index (χ3v) is 5.80. The molecule has 1 fully saturated rings. The van der Waals surface area contributed by atoms with Crippen molar-refractivity contribution in [2.24, 2.45) is 0 Å². The highest BCUT2D eigenvalue weighted by Gasteiger charge is 2.25. The van der Waals surface area contributed by atoms with E-state index in [4.69, 9.17) is 4.74 Å². The lowest BCUT2D eigenvalue weighted by Crippen LogP contribution is -2.37. The van der Waals surface area contributed by atoms with E-state index in [1.807, 2.05) is 0 Å². The molecule has 2 heterocycles. The number of para-hydroxylation sites is 1. The van der Waals surface area contributed by atoms with Crippen molar-refractivity contribution in [1.82, 2.24) is 4.90 Å². The zero-order valence-electron chi connectivity index (χ0n) is 15.3. The minimum absolute atomic E-state index is 0.656. The second-order valence-corrected chi connectivity index (χ2v) is 7.21. The van der Waals surface area contributed by atoms with Gasteiger partial charge in [0.05, 0.1) is 0 Å². The van der Waals surface area contributed by atoms with Gasteiger partial charge < -0.3 is 9.64 Å². The first-order chi connectivity index (χ1) is 12.3. The van der Waals surface area contributed by atoms with Crippen molar-refractivity contribution >= 4 is 5.57 Å². The molecule has 2 aliphatic heterocycles. The van der Waals surface area contributed by atoms with Gasteiger partial charge in [-0.15, -0.1) is 0 Å². The van der Waals surface area contributed by atoms with Gasteiger partial charge in [0.25, 0.3) is 0 Å². The molecule has 4 rings (SSSR count). The van der Waals surface area contributed by atoms with E-state index in [0.717, 1.165) is 18.6 Å². The first kappa shape index (κ1) is 16.4. The Hall–Kier alpha value is -2.06. The summed E-state index contributed by atoms with van der Waals surface area (Å²) < 4.78 is 6.13. The van der Waals surface area contributed by atoms with Gasteiger partial charge in [0.15, 0.2) is 0 Å². The quantitative estimate of drug-likeness (QED) is 0.742. The van der Waals surface area contributed by atoms with Gasteiger partial charge in [0.1, 0.15) is 12.4 Å². The topological polar surface area (TPSA) is 12.5 Å². The Labute approximate surface area is 151 Å². The van der Waals surface area contributed by atoms with E-state index in [-0.39, 0.29) is 0 Å². The molecule has 2 nitrogen and oxygen atoms in total. The summed E-state index contributed by atoms with van der Waals surface area (Å²) in [5.41, 5.74) is 6.93. The van der Waals surface area contributed by atoms with Crippen LogP contribution in [0.1, 0.15) is 49.8 Å². The molecule has 0 saturated carbocycles. The minimum atomic E-state index is 0.656. The molecule has 0 N–H and O–H groups in total. The minimum Gasteiger partial charge on any atom is -0.488 e. The first-order valence-corrected chi connectivity index (χ1v) is 9.54. The van der Waals surface area contributed by atoms with Crippen molar-refractivity contribution in [3.63, 3.8) is 0 Å². The monoisotopic (exact) mass is 333 g/mol. The molecular weight excluding hydrogens is 306 g/mol. The van der Waals surface area contributed by atoms with E-state index in [0.29, 0.717) is 12.6 Å². The van der Waals surface area contributed by atoms with E-state index in [2.05, 4.69) is 67.3 Å². The number of hydrogen-bond donors (Lipinski definition) is 0. The number of nitrogens with zero attached hydrogens (tertiary/aromatic N) is 1. The van der Waals surface area contributed by atoms with Gasteiger partial charge in [0.2, 0.25) is 0 Å². The van der Waals surface area contributed by atoms with Gasteiger partial charge in [-0.25, -0.2) is 0 Å². The Morgan fingerprint density at radius 1 is 0.960 bits per heavy atom. The summed E-state index contributed by atoms with van der Waals surface area (Å²) in [6.07, 6.45) is 3.54. The summed E-state index contributed by atoms with van der Waals surface area (Å²) in [5.74, 6) is 1.02. The maximum absolute atomic E-state index is 6.13. The first-order valence-electron chi connectivity index (χ1n) is 9.54. The highest BCUT2D eigenvalue weighted by molar-refractivity contribution is 5.87. The van der Waals surface area contributed by atoms with E-state index in [1.165, 1.54) is 41.8 Å². The number of piperidine rings is 1. The van der Waals surface area contributed by atoms with Crippen molar-refractivity contribution in [3.05, 3.63) is 70.8 Å². The third kappa shape index (κ3) is 3.11. The van der Waals surface area contributed by atoms with Gasteiger partial charge >= 0.3 is 0 Å². The number of fused-ring (bicyclic) bond motifs is 2. The Morgan fingerprint density at radius 2 is 1.64 bits per heavy atom. The van der Waals surface area contributed by atoms with Crippen molar-refractivity contribution in [1.29, 1.82) is 0 Å². The van der Waals surface area contributed by atoms with Crippen LogP contribution in [0.15, 0.2) is 54.1 Å². The lowest BCUT2D eigenvalue weighted by Gasteiger charge is -2.34. The van der Waals surface area contributed by atoms with Gasteiger partial charge in [-0.05, 0) is 49.0 Å². The smallest absolute Gasteiger partial charge is 0.127 e. The maximum atomic E-state index is 6.13. The zero-order chi connectivity index (χ0) is 17.2. The van der Waals surface area contributed by atoms with Crippen LogP contribution in [0.25, 0.3) is 5.57 Å². The predicted octanol–water partition coefficient (Wildman–Crippen LogP) is 5.28. The summed E-state index contributed by atoms with van der Waals surface area (Å²) in [7, 11) is 0. The molecule has 2 aromatic rings. The van der Waals surface area contributed by atoms with Crippen LogP contribution in [0.2, 0.25) is 0 Å². The Morgan fingerprint density at radius 3 is 2.40 bits per heavy atom. The fourth-order valence-electron chi connectivity index (χ4n) is 4.11. The average molecular weight is 333 g/mol. The van der Waals surface area contributed by atoms with Crippen LogP contribution in [0.4, 0.5) is 0 Å². The lowest BCUT2D eigenvalue weighted by molar-refractivity contribution is 0.191. The maximum Gasteiger partial charge on any atom is 0.127 e. The standard InChI is InChI=1S/C23H27NO/c1-3-17(2)24-14-12-18(13-15-24)23-20-9-5-4-8-19(20)16-25-22-11-7-6-10-21(22)23/h4-11,17H,3,12-16H2,1-2H3. The van der Waals surface area contributed by atoms with Crippen LogP contribution in [-0.2, 0) is 6.61 Å². The summed E-state index contributed by atoms with van der Waals surface area (Å²) in [6, 6.07) is 18.0. The second-order valence-electron chi connectivity index (χ2n) is 7.21. The van der Waals surface area contributed by atoms with Crippen LogP contribution < -0.4 is 4.74 Å². The third-order valence-electron chi connectivity index (χ3n) is 5.80. The Bertz CT molecular complexity index is 733. The normalized spacial score (nSPS) is 18.8. The van der Waals surface area contributed by atoms with E-state index >= 15 is 0 Å². The second kappa shape index (κ2) is 7.05. The number of benzene rings is 2. The molecule has 2 aliphatic rings. The molecule has 2 heteroatoms. The summed E-state index contributed by atoms with van der Waals surface area (Å²) >= 11 is 0. The van der Waals surface area contributed by atoms with Crippen LogP contribution in [-0.4, -0.2) is 24.0 Å². The fourth-order valence-corrected chi connectivity index (χ4v) is 4.11. The van der Waals surface area contributed by atoms with Crippen LogP contribution in [0.3, 0.4) is 0 Å². The van der Waals surface area contributed by atoms with Gasteiger partial charge in [0, 0.05) is 24.7 Å². The van der Waals surface area contributed by atoms with Crippen molar-refractivity contribution in [2.75, 3.05) is 13.1 Å². The number of hydrogen-bond acceptors (Lipinski definition) is 2. The van der Waals surface area contributed by atoms with Gasteiger partial charge in [-0.3, -0.25) is 0 Å². The van der Waals surface area contributed by atoms with Crippen molar-refractivity contribution in [2.45, 2.75) is 45.8 Å². The molecular formula is C23H27NO. The van der Waals surface area contributed by atoms with Crippen molar-refractivity contribution < 1.29 is 4.74 Å². The zero-order valence-corrected chi connectivity index (χ0v) is 15.3. The molecule has 0 aliphatic carbocycles. The van der Waals surface area contributed by atoms with Crippen LogP contribution in [0.5, 0.6) is 5.75 Å². The highest BCUT2D eigenvalue weighted by atomic mass is 16.5. The summed E-state index contributed by atoms with van der Waals surface area (Å²) in [5, 5.41) is 0. The number of rotatable bonds is 2. The largest absolute Gasteiger partial charge is 0.488 e. The molecule has 0 spiro atoms. The molecule has 2 aromatic carbocycles. The molecule has 1 saturated heterocycles. The molecule has 130 valence electrons. The Kier molecular flexibility index (Phi) is 4.63. The fraction of sp³-hybridized carbons (Fsp3) is 0.391. The number of ether oxygens (including phenoxy) is 1. The predicted molar refractivity (Wildman–Crippen MR) is 104 cm³/mol. The Balaban J connectivity index is 1.78. The summed E-state index contributed by atoms with van der Waals surface area (Å²) in [6.45, 7) is 7.62. The molecule has 0 amide bonds. The molecule has 0 bridgehead atoms. The molecule has 1 atom stereocenters. The summed E-state index contributed by atoms with van der Waals surface area (Å²) in [4.78, 5) is 2.63. The SMILES string of the molecule is CCC(C)N1CCC(=C2c3ccccc3COc3ccccc32)CC1. The van der Waals surface area contributed by atoms with Gasteiger partial charge in [-0.2, -0.15) is 0 Å². The molecule has 1 unspecified atom stereocenters. The van der Waals surface area contributed by atoms with Crippen LogP contribution >= 0.6 is 0 Å². The average Bonchev–Trinajstić information content (AvgIpc) is 2.84. The van der Waals surface area contributed by atoms with Gasteiger partial charge in [-0.1, -0.05) is 55.0 Å². The van der Waals surface area contributed by atoms with E-state index in [1.54, 1.807) is 5.57 Å². The molecule has 0 radical (unpaired) electrons. The molecule has 25 heavy (non-hydrogen) atoms. The van der Waals surface area contributed by atoms with E-state index in [9.17, 15) is 0 Å². The van der Waals surface area contributed by atoms with E-state index < -0.39 is 0 Å². The van der Waals surface area contributed by atoms with Crippen molar-refractivity contribution in [3.8, 4) is 5.75 Å². The van der Waals surface area contributed by atoms with Crippen LogP contribution in [0, 0.1) is 0 Å². The number of likely N-dealkylation sites (tertiary alicyclic amines) is 1. The highest BCUT2D eigenvalue weighted by Crippen LogP contribution is 2.40.